The van der Waals surface area contributed by atoms with Crippen LogP contribution in [0.25, 0.3) is 6.08 Å². The Morgan fingerprint density at radius 3 is 2.36 bits per heavy atom. The van der Waals surface area contributed by atoms with Gasteiger partial charge in [-0.05, 0) is 48.2 Å². The zero-order valence-corrected chi connectivity index (χ0v) is 16.1. The average molecular weight is 370 g/mol. The van der Waals surface area contributed by atoms with Crippen molar-refractivity contribution in [3.63, 3.8) is 0 Å². The second kappa shape index (κ2) is 7.73. The van der Waals surface area contributed by atoms with E-state index in [4.69, 9.17) is 9.47 Å². The second-order valence-corrected chi connectivity index (χ2v) is 6.97. The third kappa shape index (κ3) is 3.84. The van der Waals surface area contributed by atoms with Gasteiger partial charge in [0.05, 0.1) is 5.56 Å². The summed E-state index contributed by atoms with van der Waals surface area (Å²) in [6.07, 6.45) is 2.78. The first-order valence-electron chi connectivity index (χ1n) is 9.48. The Balaban J connectivity index is 1.49. The van der Waals surface area contributed by atoms with Gasteiger partial charge in [-0.1, -0.05) is 61.0 Å². The third-order valence-corrected chi connectivity index (χ3v) is 4.85. The highest BCUT2D eigenvalue weighted by atomic mass is 16.5. The maximum atomic E-state index is 12.6. The molecule has 0 fully saturated rings. The predicted octanol–water partition coefficient (Wildman–Crippen LogP) is 5.75. The van der Waals surface area contributed by atoms with Crippen molar-refractivity contribution in [3.8, 4) is 11.5 Å². The number of hydrogen-bond acceptors (Lipinski definition) is 3. The molecule has 3 aromatic carbocycles. The number of ether oxygens (including phenoxy) is 2. The fraction of sp³-hybridized carbons (Fsp3) is 0.160. The van der Waals surface area contributed by atoms with E-state index in [1.54, 1.807) is 18.2 Å². The van der Waals surface area contributed by atoms with Crippen molar-refractivity contribution in [1.29, 1.82) is 0 Å². The molecule has 1 aliphatic rings. The Kier molecular flexibility index (Phi) is 4.98. The molecule has 3 nitrogen and oxygen atoms in total. The fourth-order valence-corrected chi connectivity index (χ4v) is 3.11. The summed E-state index contributed by atoms with van der Waals surface area (Å²) in [6, 6.07) is 21.7. The van der Waals surface area contributed by atoms with Crippen LogP contribution in [0.1, 0.15) is 39.5 Å². The Morgan fingerprint density at radius 1 is 0.929 bits per heavy atom. The zero-order valence-electron chi connectivity index (χ0n) is 16.1. The van der Waals surface area contributed by atoms with Gasteiger partial charge in [0.15, 0.2) is 5.76 Å². The lowest BCUT2D eigenvalue weighted by molar-refractivity contribution is 0.101. The summed E-state index contributed by atoms with van der Waals surface area (Å²) in [5.41, 5.74) is 5.10. The SMILES string of the molecule is CCc1ccc(/C=C2\Oc3cc(OCc4ccc(C)cc4)ccc3C2=O)cc1. The number of carbonyl (C=O) groups excluding carboxylic acids is 1. The van der Waals surface area contributed by atoms with Gasteiger partial charge in [-0.15, -0.1) is 0 Å². The summed E-state index contributed by atoms with van der Waals surface area (Å²) < 4.78 is 11.7. The highest BCUT2D eigenvalue weighted by molar-refractivity contribution is 6.14. The molecule has 0 unspecified atom stereocenters. The number of fused-ring (bicyclic) bond motifs is 1. The summed E-state index contributed by atoms with van der Waals surface area (Å²) in [5.74, 6) is 1.47. The molecular formula is C25H22O3. The summed E-state index contributed by atoms with van der Waals surface area (Å²) in [4.78, 5) is 12.6. The van der Waals surface area contributed by atoms with E-state index < -0.39 is 0 Å². The maximum absolute atomic E-state index is 12.6. The Hall–Kier alpha value is -3.33. The number of allylic oxidation sites excluding steroid dienone is 1. The minimum Gasteiger partial charge on any atom is -0.489 e. The van der Waals surface area contributed by atoms with Crippen LogP contribution in [0.15, 0.2) is 72.5 Å². The molecule has 140 valence electrons. The predicted molar refractivity (Wildman–Crippen MR) is 111 cm³/mol. The van der Waals surface area contributed by atoms with Gasteiger partial charge in [0.2, 0.25) is 5.78 Å². The minimum absolute atomic E-state index is 0.0975. The molecule has 3 aromatic rings. The van der Waals surface area contributed by atoms with Crippen LogP contribution in [-0.4, -0.2) is 5.78 Å². The molecule has 0 atom stereocenters. The van der Waals surface area contributed by atoms with E-state index in [0.717, 1.165) is 17.5 Å². The van der Waals surface area contributed by atoms with Crippen LogP contribution in [0.4, 0.5) is 0 Å². The van der Waals surface area contributed by atoms with Crippen molar-refractivity contribution in [2.45, 2.75) is 26.9 Å². The van der Waals surface area contributed by atoms with Gasteiger partial charge in [0, 0.05) is 6.07 Å². The molecule has 0 saturated carbocycles. The molecule has 0 aromatic heterocycles. The first kappa shape index (κ1) is 18.1. The molecule has 1 heterocycles. The van der Waals surface area contributed by atoms with Crippen LogP contribution in [0.3, 0.4) is 0 Å². The quantitative estimate of drug-likeness (QED) is 0.536. The van der Waals surface area contributed by atoms with Crippen molar-refractivity contribution in [2.24, 2.45) is 0 Å². The second-order valence-electron chi connectivity index (χ2n) is 6.97. The van der Waals surface area contributed by atoms with Gasteiger partial charge in [-0.2, -0.15) is 0 Å². The van der Waals surface area contributed by atoms with E-state index in [9.17, 15) is 4.79 Å². The van der Waals surface area contributed by atoms with Crippen molar-refractivity contribution in [2.75, 3.05) is 0 Å². The lowest BCUT2D eigenvalue weighted by Gasteiger charge is -2.07. The first-order chi connectivity index (χ1) is 13.6. The summed E-state index contributed by atoms with van der Waals surface area (Å²) in [7, 11) is 0. The number of benzene rings is 3. The molecule has 3 heteroatoms. The van der Waals surface area contributed by atoms with Crippen molar-refractivity contribution in [3.05, 3.63) is 100 Å². The smallest absolute Gasteiger partial charge is 0.231 e. The average Bonchev–Trinajstić information content (AvgIpc) is 3.03. The van der Waals surface area contributed by atoms with E-state index in [-0.39, 0.29) is 5.78 Å². The number of carbonyl (C=O) groups is 1. The molecule has 0 amide bonds. The molecule has 0 bridgehead atoms. The molecule has 0 spiro atoms. The van der Waals surface area contributed by atoms with Crippen LogP contribution in [0, 0.1) is 6.92 Å². The molecule has 28 heavy (non-hydrogen) atoms. The minimum atomic E-state index is -0.0975. The van der Waals surface area contributed by atoms with Crippen molar-refractivity contribution >= 4 is 11.9 Å². The zero-order chi connectivity index (χ0) is 19.5. The molecule has 1 aliphatic heterocycles. The molecular weight excluding hydrogens is 348 g/mol. The van der Waals surface area contributed by atoms with E-state index in [1.165, 1.54) is 11.1 Å². The number of aryl methyl sites for hydroxylation is 2. The van der Waals surface area contributed by atoms with Crippen molar-refractivity contribution < 1.29 is 14.3 Å². The molecule has 0 aliphatic carbocycles. The van der Waals surface area contributed by atoms with Gasteiger partial charge in [-0.25, -0.2) is 0 Å². The number of Topliss-reactive ketones (excluding diaryl/α,β-unsaturated/α-hetero) is 1. The highest BCUT2D eigenvalue weighted by Crippen LogP contribution is 2.35. The molecule has 0 saturated heterocycles. The normalized spacial score (nSPS) is 14.1. The maximum Gasteiger partial charge on any atom is 0.231 e. The molecule has 0 radical (unpaired) electrons. The lowest BCUT2D eigenvalue weighted by Crippen LogP contribution is -1.98. The van der Waals surface area contributed by atoms with Crippen LogP contribution >= 0.6 is 0 Å². The van der Waals surface area contributed by atoms with E-state index in [0.29, 0.717) is 29.4 Å². The van der Waals surface area contributed by atoms with Gasteiger partial charge < -0.3 is 9.47 Å². The van der Waals surface area contributed by atoms with Crippen molar-refractivity contribution in [1.82, 2.24) is 0 Å². The van der Waals surface area contributed by atoms with Crippen LogP contribution in [0.2, 0.25) is 0 Å². The van der Waals surface area contributed by atoms with E-state index in [2.05, 4.69) is 38.1 Å². The van der Waals surface area contributed by atoms with Crippen LogP contribution in [0.5, 0.6) is 11.5 Å². The largest absolute Gasteiger partial charge is 0.489 e. The topological polar surface area (TPSA) is 35.5 Å². The summed E-state index contributed by atoms with van der Waals surface area (Å²) in [6.45, 7) is 4.65. The van der Waals surface area contributed by atoms with Gasteiger partial charge in [0.25, 0.3) is 0 Å². The van der Waals surface area contributed by atoms with Gasteiger partial charge in [-0.3, -0.25) is 4.79 Å². The highest BCUT2D eigenvalue weighted by Gasteiger charge is 2.27. The number of hydrogen-bond donors (Lipinski definition) is 0. The molecule has 0 N–H and O–H groups in total. The standard InChI is InChI=1S/C25H22O3/c1-3-18-8-10-19(11-9-18)14-24-25(26)22-13-12-21(15-23(22)28-24)27-16-20-6-4-17(2)5-7-20/h4-15H,3,16H2,1-2H3/b24-14-. The third-order valence-electron chi connectivity index (χ3n) is 4.85. The van der Waals surface area contributed by atoms with Crippen LogP contribution < -0.4 is 9.47 Å². The first-order valence-corrected chi connectivity index (χ1v) is 9.48. The summed E-state index contributed by atoms with van der Waals surface area (Å²) >= 11 is 0. The van der Waals surface area contributed by atoms with Crippen LogP contribution in [-0.2, 0) is 13.0 Å². The number of ketones is 1. The lowest BCUT2D eigenvalue weighted by atomic mass is 10.1. The Labute approximate surface area is 165 Å². The number of rotatable bonds is 5. The fourth-order valence-electron chi connectivity index (χ4n) is 3.11. The Bertz CT molecular complexity index is 1030. The van der Waals surface area contributed by atoms with E-state index >= 15 is 0 Å². The summed E-state index contributed by atoms with van der Waals surface area (Å²) in [5, 5.41) is 0. The molecule has 4 rings (SSSR count). The Morgan fingerprint density at radius 2 is 1.64 bits per heavy atom. The van der Waals surface area contributed by atoms with E-state index in [1.807, 2.05) is 30.3 Å². The van der Waals surface area contributed by atoms with Gasteiger partial charge in [0.1, 0.15) is 18.1 Å². The monoisotopic (exact) mass is 370 g/mol. The van der Waals surface area contributed by atoms with Gasteiger partial charge >= 0.3 is 0 Å².